The van der Waals surface area contributed by atoms with Gasteiger partial charge in [0, 0.05) is 14.0 Å². The second-order valence-electron chi connectivity index (χ2n) is 4.64. The van der Waals surface area contributed by atoms with E-state index in [2.05, 4.69) is 37.9 Å². The number of aryl methyl sites for hydroxylation is 2. The van der Waals surface area contributed by atoms with Gasteiger partial charge in [0.15, 0.2) is 0 Å². The molecule has 0 saturated heterocycles. The summed E-state index contributed by atoms with van der Waals surface area (Å²) < 4.78 is 2.02. The molecule has 0 radical (unpaired) electrons. The number of nitrogens with two attached hydrogens (primary N) is 1. The molecule has 0 heterocycles. The van der Waals surface area contributed by atoms with Crippen LogP contribution in [-0.4, -0.2) is 0 Å². The molecule has 2 aromatic carbocycles. The van der Waals surface area contributed by atoms with Gasteiger partial charge in [-0.15, -0.1) is 0 Å². The van der Waals surface area contributed by atoms with Gasteiger partial charge in [0.2, 0.25) is 0 Å². The molecule has 0 aromatic heterocycles. The quantitative estimate of drug-likeness (QED) is 0.701. The minimum absolute atomic E-state index is 0.162. The van der Waals surface area contributed by atoms with E-state index in [-0.39, 0.29) is 6.04 Å². The van der Waals surface area contributed by atoms with E-state index in [1.807, 2.05) is 38.1 Å². The van der Waals surface area contributed by atoms with Gasteiger partial charge in [0.1, 0.15) is 0 Å². The molecule has 2 rings (SSSR count). The van der Waals surface area contributed by atoms with Crippen LogP contribution in [0.2, 0.25) is 5.02 Å². The summed E-state index contributed by atoms with van der Waals surface area (Å²) in [6, 6.07) is 9.95. The fraction of sp³-hybridized carbons (Fsp3) is 0.200. The first-order valence-corrected chi connectivity index (χ1v) is 7.83. The van der Waals surface area contributed by atoms with Crippen LogP contribution in [0.1, 0.15) is 28.3 Å². The summed E-state index contributed by atoms with van der Waals surface area (Å²) in [5, 5.41) is 0.781. The first kappa shape index (κ1) is 15.0. The molecule has 0 saturated carbocycles. The molecule has 1 atom stereocenters. The Hall–Kier alpha value is -0.350. The molecule has 100 valence electrons. The lowest BCUT2D eigenvalue weighted by Crippen LogP contribution is -2.13. The predicted octanol–water partition coefficient (Wildman–Crippen LogP) is 5.53. The third kappa shape index (κ3) is 3.40. The molecule has 0 aliphatic rings. The van der Waals surface area contributed by atoms with Gasteiger partial charge >= 0.3 is 0 Å². The molecule has 4 heteroatoms. The lowest BCUT2D eigenvalue weighted by Gasteiger charge is -2.17. The van der Waals surface area contributed by atoms with Crippen LogP contribution >= 0.6 is 43.5 Å². The second-order valence-corrected chi connectivity index (χ2v) is 6.88. The van der Waals surface area contributed by atoms with Gasteiger partial charge in [-0.05, 0) is 60.4 Å². The minimum atomic E-state index is -0.162. The molecule has 0 aliphatic heterocycles. The molecular weight excluding hydrogens is 389 g/mol. The Balaban J connectivity index is 2.49. The largest absolute Gasteiger partial charge is 0.320 e. The van der Waals surface area contributed by atoms with E-state index < -0.39 is 0 Å². The average Bonchev–Trinajstić information content (AvgIpc) is 2.31. The minimum Gasteiger partial charge on any atom is -0.320 e. The van der Waals surface area contributed by atoms with Gasteiger partial charge in [-0.1, -0.05) is 49.5 Å². The number of hydrogen-bond donors (Lipinski definition) is 1. The highest BCUT2D eigenvalue weighted by Crippen LogP contribution is 2.30. The monoisotopic (exact) mass is 401 g/mol. The third-order valence-electron chi connectivity index (χ3n) is 3.13. The Morgan fingerprint density at radius 2 is 1.53 bits per heavy atom. The fourth-order valence-electron chi connectivity index (χ4n) is 2.07. The van der Waals surface area contributed by atoms with E-state index >= 15 is 0 Å². The van der Waals surface area contributed by atoms with Gasteiger partial charge in [-0.25, -0.2) is 0 Å². The van der Waals surface area contributed by atoms with E-state index in [4.69, 9.17) is 17.3 Å². The van der Waals surface area contributed by atoms with Crippen molar-refractivity contribution in [2.24, 2.45) is 5.73 Å². The second kappa shape index (κ2) is 5.96. The van der Waals surface area contributed by atoms with Crippen molar-refractivity contribution in [3.05, 3.63) is 66.6 Å². The molecule has 0 amide bonds. The van der Waals surface area contributed by atoms with Crippen LogP contribution in [0.25, 0.3) is 0 Å². The number of benzene rings is 2. The highest BCUT2D eigenvalue weighted by molar-refractivity contribution is 9.11. The van der Waals surface area contributed by atoms with Crippen LogP contribution in [0, 0.1) is 13.8 Å². The van der Waals surface area contributed by atoms with Crippen LogP contribution in [0.15, 0.2) is 39.3 Å². The van der Waals surface area contributed by atoms with E-state index in [0.29, 0.717) is 0 Å². The Morgan fingerprint density at radius 1 is 0.947 bits per heavy atom. The highest BCUT2D eigenvalue weighted by atomic mass is 79.9. The number of hydrogen-bond acceptors (Lipinski definition) is 1. The summed E-state index contributed by atoms with van der Waals surface area (Å²) in [6.07, 6.45) is 0. The molecule has 1 nitrogen and oxygen atoms in total. The summed E-state index contributed by atoms with van der Waals surface area (Å²) in [5.41, 5.74) is 10.7. The maximum absolute atomic E-state index is 6.39. The molecule has 0 aliphatic carbocycles. The van der Waals surface area contributed by atoms with Crippen LogP contribution in [0.5, 0.6) is 0 Å². The van der Waals surface area contributed by atoms with Gasteiger partial charge in [0.25, 0.3) is 0 Å². The molecule has 1 unspecified atom stereocenters. The van der Waals surface area contributed by atoms with E-state index in [1.54, 1.807) is 0 Å². The van der Waals surface area contributed by atoms with Crippen molar-refractivity contribution >= 4 is 43.5 Å². The maximum atomic E-state index is 6.39. The van der Waals surface area contributed by atoms with Gasteiger partial charge in [-0.2, -0.15) is 0 Å². The van der Waals surface area contributed by atoms with Gasteiger partial charge in [-0.3, -0.25) is 0 Å². The molecule has 2 N–H and O–H groups in total. The molecule has 0 fully saturated rings. The Kier molecular flexibility index (Phi) is 4.72. The zero-order valence-electron chi connectivity index (χ0n) is 10.7. The summed E-state index contributed by atoms with van der Waals surface area (Å²) in [6.45, 7) is 4.03. The highest BCUT2D eigenvalue weighted by Gasteiger charge is 2.14. The van der Waals surface area contributed by atoms with Crippen molar-refractivity contribution in [2.75, 3.05) is 0 Å². The summed E-state index contributed by atoms with van der Waals surface area (Å²) >= 11 is 13.1. The molecule has 0 bridgehead atoms. The van der Waals surface area contributed by atoms with Crippen LogP contribution in [0.3, 0.4) is 0 Å². The molecule has 2 aromatic rings. The average molecular weight is 404 g/mol. The summed E-state index contributed by atoms with van der Waals surface area (Å²) in [4.78, 5) is 0. The predicted molar refractivity (Wildman–Crippen MR) is 88.8 cm³/mol. The van der Waals surface area contributed by atoms with E-state index in [0.717, 1.165) is 36.2 Å². The van der Waals surface area contributed by atoms with Crippen LogP contribution in [-0.2, 0) is 0 Å². The Bertz CT molecular complexity index is 606. The maximum Gasteiger partial charge on any atom is 0.0555 e. The summed E-state index contributed by atoms with van der Waals surface area (Å²) in [7, 11) is 0. The topological polar surface area (TPSA) is 26.0 Å². The number of halogens is 3. The van der Waals surface area contributed by atoms with Gasteiger partial charge < -0.3 is 5.73 Å². The normalized spacial score (nSPS) is 12.5. The smallest absolute Gasteiger partial charge is 0.0555 e. The van der Waals surface area contributed by atoms with Crippen LogP contribution < -0.4 is 5.73 Å². The lowest BCUT2D eigenvalue weighted by molar-refractivity contribution is 0.858. The van der Waals surface area contributed by atoms with E-state index in [9.17, 15) is 0 Å². The molecular formula is C15H14Br2ClN. The molecule has 19 heavy (non-hydrogen) atoms. The van der Waals surface area contributed by atoms with Crippen molar-refractivity contribution in [1.29, 1.82) is 0 Å². The van der Waals surface area contributed by atoms with Crippen molar-refractivity contribution < 1.29 is 0 Å². The summed E-state index contributed by atoms with van der Waals surface area (Å²) in [5.74, 6) is 0. The Morgan fingerprint density at radius 3 is 2.11 bits per heavy atom. The zero-order valence-corrected chi connectivity index (χ0v) is 14.6. The number of rotatable bonds is 2. The lowest BCUT2D eigenvalue weighted by atomic mass is 9.94. The van der Waals surface area contributed by atoms with Crippen LogP contribution in [0.4, 0.5) is 0 Å². The Labute approximate surface area is 135 Å². The van der Waals surface area contributed by atoms with Crippen molar-refractivity contribution in [1.82, 2.24) is 0 Å². The third-order valence-corrected chi connectivity index (χ3v) is 4.45. The standard InChI is InChI=1S/C15H14Br2ClN/c1-8-4-14(18)9(2)3-13(8)15(19)10-5-11(16)7-12(17)6-10/h3-7,15H,19H2,1-2H3. The first-order valence-electron chi connectivity index (χ1n) is 5.86. The fourth-order valence-corrected chi connectivity index (χ4v) is 3.62. The van der Waals surface area contributed by atoms with Crippen molar-refractivity contribution in [3.8, 4) is 0 Å². The van der Waals surface area contributed by atoms with Crippen molar-refractivity contribution in [3.63, 3.8) is 0 Å². The van der Waals surface area contributed by atoms with E-state index in [1.165, 1.54) is 0 Å². The molecule has 0 spiro atoms. The first-order chi connectivity index (χ1) is 8.88. The van der Waals surface area contributed by atoms with Crippen molar-refractivity contribution in [2.45, 2.75) is 19.9 Å². The van der Waals surface area contributed by atoms with Gasteiger partial charge in [0.05, 0.1) is 6.04 Å². The SMILES string of the molecule is Cc1cc(C(N)c2cc(Br)cc(Br)c2)c(C)cc1Cl. The zero-order chi connectivity index (χ0) is 14.2.